The standard InChI is InChI=1S/C48H50O4.2C7H5O.Zr/c1-47(2,3)35-29-39(33-19-9-7-10-20-33)45(49)41(31-35)37-23-13-15-25-43(37)51-27-17-18-28-52-44-26-16-14-24-38(44)42-32-36(48(4,5)6)30-40(46(42)50)34-21-11-8-12-22-34;2*8-6-7-4-2-1-3-5-7;/h7-16,19-26,29-32,49-50H,17-18,27-28H2,1-6H3;2*1-5H;/q;2*-1;+2. The van der Waals surface area contributed by atoms with Gasteiger partial charge in [0.25, 0.3) is 0 Å². The number of unbranched alkanes of at least 4 members (excludes halogenated alkanes) is 1. The van der Waals surface area contributed by atoms with Gasteiger partial charge in [0.05, 0.1) is 25.8 Å². The zero-order valence-corrected chi connectivity index (χ0v) is 42.8. The van der Waals surface area contributed by atoms with Crippen molar-refractivity contribution >= 4 is 12.6 Å². The Morgan fingerprint density at radius 2 is 0.681 bits per heavy atom. The van der Waals surface area contributed by atoms with Crippen LogP contribution in [-0.2, 0) is 46.6 Å². The maximum atomic E-state index is 11.6. The molecule has 0 atom stereocenters. The van der Waals surface area contributed by atoms with Gasteiger partial charge in [-0.25, -0.2) is 0 Å². The normalized spacial score (nSPS) is 10.8. The molecule has 0 aliphatic heterocycles. The first-order chi connectivity index (χ1) is 32.8. The molecule has 0 aliphatic rings. The molecule has 8 aromatic carbocycles. The maximum absolute atomic E-state index is 11.6. The molecule has 0 unspecified atom stereocenters. The molecule has 0 fully saturated rings. The third-order valence-corrected chi connectivity index (χ3v) is 11.3. The molecule has 0 bridgehead atoms. The average Bonchev–Trinajstić information content (AvgIpc) is 3.36. The zero-order chi connectivity index (χ0) is 48.5. The van der Waals surface area contributed by atoms with E-state index in [9.17, 15) is 19.8 Å². The summed E-state index contributed by atoms with van der Waals surface area (Å²) in [5.41, 5.74) is 10.1. The van der Waals surface area contributed by atoms with Gasteiger partial charge < -0.3 is 29.3 Å². The molecule has 0 radical (unpaired) electrons. The van der Waals surface area contributed by atoms with Crippen LogP contribution in [0.4, 0.5) is 0 Å². The largest absolute Gasteiger partial charge is 2.00 e. The van der Waals surface area contributed by atoms with Crippen LogP contribution in [-0.4, -0.2) is 36.0 Å². The van der Waals surface area contributed by atoms with E-state index in [0.717, 1.165) is 80.0 Å². The van der Waals surface area contributed by atoms with Gasteiger partial charge in [0.15, 0.2) is 0 Å². The van der Waals surface area contributed by atoms with Crippen molar-refractivity contribution in [2.45, 2.75) is 65.2 Å². The summed E-state index contributed by atoms with van der Waals surface area (Å²) in [6.07, 6.45) is 5.11. The van der Waals surface area contributed by atoms with Gasteiger partial charge in [-0.3, -0.25) is 0 Å². The van der Waals surface area contributed by atoms with Gasteiger partial charge in [0, 0.05) is 33.4 Å². The van der Waals surface area contributed by atoms with E-state index in [0.29, 0.717) is 24.3 Å². The van der Waals surface area contributed by atoms with Crippen LogP contribution in [0.25, 0.3) is 44.5 Å². The SMILES string of the molecule is CC(C)(C)c1cc(-c2ccccc2)c(O)c(-c2ccccc2OCCCCOc2ccccc2-c2cc(C(C)(C)C)cc(-c3ccccc3)c2O)c1.O=[C-]c1ccccc1.O=[C-]c1ccccc1.[Zr+2]. The molecule has 348 valence electrons. The van der Waals surface area contributed by atoms with Gasteiger partial charge in [-0.1, -0.05) is 151 Å². The number of phenols is 2. The summed E-state index contributed by atoms with van der Waals surface area (Å²) in [4.78, 5) is 19.8. The van der Waals surface area contributed by atoms with Crippen LogP contribution in [0.1, 0.15) is 76.6 Å². The predicted octanol–water partition coefficient (Wildman–Crippen LogP) is 14.9. The van der Waals surface area contributed by atoms with Crippen LogP contribution >= 0.6 is 0 Å². The van der Waals surface area contributed by atoms with Crippen molar-refractivity contribution in [2.24, 2.45) is 0 Å². The Bertz CT molecular complexity index is 2650. The fourth-order valence-corrected chi connectivity index (χ4v) is 7.43. The number of rotatable bonds is 13. The van der Waals surface area contributed by atoms with Gasteiger partial charge in [0.2, 0.25) is 0 Å². The Morgan fingerprint density at radius 3 is 0.986 bits per heavy atom. The molecule has 0 aliphatic carbocycles. The summed E-state index contributed by atoms with van der Waals surface area (Å²) >= 11 is 0. The van der Waals surface area contributed by atoms with Crippen molar-refractivity contribution in [1.82, 2.24) is 0 Å². The number of benzene rings is 8. The van der Waals surface area contributed by atoms with E-state index in [1.807, 2.05) is 121 Å². The average molecular weight is 992 g/mol. The molecule has 0 aromatic heterocycles. The van der Waals surface area contributed by atoms with Crippen molar-refractivity contribution in [3.63, 3.8) is 0 Å². The summed E-state index contributed by atoms with van der Waals surface area (Å²) in [5.74, 6) is 1.96. The molecule has 0 amide bonds. The fourth-order valence-electron chi connectivity index (χ4n) is 7.43. The van der Waals surface area contributed by atoms with Crippen molar-refractivity contribution in [3.8, 4) is 67.5 Å². The first kappa shape index (κ1) is 53.1. The number of para-hydroxylation sites is 2. The number of aromatic hydroxyl groups is 2. The summed E-state index contributed by atoms with van der Waals surface area (Å²) in [6.45, 7) is 14.1. The second-order valence-electron chi connectivity index (χ2n) is 18.4. The molecule has 0 saturated carbocycles. The van der Waals surface area contributed by atoms with E-state index >= 15 is 0 Å². The third-order valence-electron chi connectivity index (χ3n) is 11.3. The molecule has 8 rings (SSSR count). The molecule has 8 aromatic rings. The number of hydrogen-bond acceptors (Lipinski definition) is 6. The van der Waals surface area contributed by atoms with Crippen molar-refractivity contribution in [3.05, 3.63) is 216 Å². The minimum Gasteiger partial charge on any atom is -0.507 e. The zero-order valence-electron chi connectivity index (χ0n) is 40.3. The van der Waals surface area contributed by atoms with E-state index in [1.165, 1.54) is 0 Å². The van der Waals surface area contributed by atoms with E-state index in [1.54, 1.807) is 61.1 Å². The molecule has 7 heteroatoms. The van der Waals surface area contributed by atoms with Crippen molar-refractivity contribution in [2.75, 3.05) is 13.2 Å². The fraction of sp³-hybridized carbons (Fsp3) is 0.194. The quantitative estimate of drug-likeness (QED) is 0.0883. The van der Waals surface area contributed by atoms with E-state index in [-0.39, 0.29) is 48.5 Å². The van der Waals surface area contributed by atoms with Gasteiger partial charge in [-0.05, 0) is 82.3 Å². The maximum Gasteiger partial charge on any atom is 2.00 e. The van der Waals surface area contributed by atoms with E-state index < -0.39 is 0 Å². The van der Waals surface area contributed by atoms with E-state index in [2.05, 4.69) is 65.8 Å². The second-order valence-corrected chi connectivity index (χ2v) is 18.4. The smallest absolute Gasteiger partial charge is 0.507 e. The minimum absolute atomic E-state index is 0. The van der Waals surface area contributed by atoms with Crippen LogP contribution < -0.4 is 9.47 Å². The summed E-state index contributed by atoms with van der Waals surface area (Å²) < 4.78 is 12.8. The number of hydrogen-bond donors (Lipinski definition) is 2. The van der Waals surface area contributed by atoms with Crippen LogP contribution in [0, 0.1) is 0 Å². The van der Waals surface area contributed by atoms with Gasteiger partial charge in [0.1, 0.15) is 23.0 Å². The Balaban J connectivity index is 0.000000440. The van der Waals surface area contributed by atoms with Crippen LogP contribution in [0.2, 0.25) is 0 Å². The number of phenolic OH excluding ortho intramolecular Hbond substituents is 2. The molecule has 2 N–H and O–H groups in total. The van der Waals surface area contributed by atoms with Crippen molar-refractivity contribution in [1.29, 1.82) is 0 Å². The molecule has 6 nitrogen and oxygen atoms in total. The second kappa shape index (κ2) is 25.5. The molecule has 0 spiro atoms. The Morgan fingerprint density at radius 1 is 0.391 bits per heavy atom. The monoisotopic (exact) mass is 990 g/mol. The molecule has 0 heterocycles. The predicted molar refractivity (Wildman–Crippen MR) is 278 cm³/mol. The number of ether oxygens (including phenoxy) is 2. The van der Waals surface area contributed by atoms with Crippen molar-refractivity contribution < 1.29 is 55.5 Å². The van der Waals surface area contributed by atoms with Gasteiger partial charge in [-0.2, -0.15) is 35.4 Å². The van der Waals surface area contributed by atoms with Crippen LogP contribution in [0.3, 0.4) is 0 Å². The molecular weight excluding hydrogens is 932 g/mol. The van der Waals surface area contributed by atoms with Crippen LogP contribution in [0.15, 0.2) is 194 Å². The van der Waals surface area contributed by atoms with Crippen LogP contribution in [0.5, 0.6) is 23.0 Å². The first-order valence-electron chi connectivity index (χ1n) is 22.9. The first-order valence-corrected chi connectivity index (χ1v) is 22.9. The summed E-state index contributed by atoms with van der Waals surface area (Å²) in [7, 11) is 0. The topological polar surface area (TPSA) is 93.1 Å². The summed E-state index contributed by atoms with van der Waals surface area (Å²) in [6, 6.07) is 62.1. The molecule has 69 heavy (non-hydrogen) atoms. The molecular formula is C62H60O6Zr. The third kappa shape index (κ3) is 14.8. The number of carbonyl (C=O) groups excluding carboxylic acids is 2. The minimum atomic E-state index is -0.112. The van der Waals surface area contributed by atoms with Gasteiger partial charge >= 0.3 is 26.2 Å². The Labute approximate surface area is 427 Å². The van der Waals surface area contributed by atoms with E-state index in [4.69, 9.17) is 9.47 Å². The summed E-state index contributed by atoms with van der Waals surface area (Å²) in [5, 5.41) is 23.2. The Kier molecular flexibility index (Phi) is 19.7. The Hall–Kier alpha value is -6.82. The van der Waals surface area contributed by atoms with Gasteiger partial charge in [-0.15, -0.1) is 24.3 Å². The molecule has 0 saturated heterocycles.